The molecule has 6 nitrogen and oxygen atoms in total. The van der Waals surface area contributed by atoms with Crippen LogP contribution in [0.25, 0.3) is 16.9 Å². The van der Waals surface area contributed by atoms with E-state index >= 15 is 0 Å². The van der Waals surface area contributed by atoms with Crippen molar-refractivity contribution >= 4 is 23.1 Å². The maximum absolute atomic E-state index is 13.0. The van der Waals surface area contributed by atoms with Crippen molar-refractivity contribution in [1.82, 2.24) is 19.5 Å². The van der Waals surface area contributed by atoms with Gasteiger partial charge < -0.3 is 10.2 Å². The van der Waals surface area contributed by atoms with E-state index in [0.29, 0.717) is 11.6 Å². The number of hydrogen-bond acceptors (Lipinski definition) is 4. The van der Waals surface area contributed by atoms with Crippen molar-refractivity contribution < 1.29 is 4.79 Å². The Kier molecular flexibility index (Phi) is 5.82. The van der Waals surface area contributed by atoms with Gasteiger partial charge in [0.25, 0.3) is 5.91 Å². The highest BCUT2D eigenvalue weighted by Crippen LogP contribution is 2.26. The zero-order valence-corrected chi connectivity index (χ0v) is 19.2. The van der Waals surface area contributed by atoms with Gasteiger partial charge in [-0.05, 0) is 44.0 Å². The third-order valence-corrected chi connectivity index (χ3v) is 6.47. The second-order valence-corrected chi connectivity index (χ2v) is 8.86. The molecule has 0 saturated heterocycles. The summed E-state index contributed by atoms with van der Waals surface area (Å²) in [6.07, 6.45) is 5.91. The smallest absolute Gasteiger partial charge is 0.253 e. The van der Waals surface area contributed by atoms with Crippen LogP contribution < -0.4 is 5.32 Å². The number of aryl methyl sites for hydroxylation is 1. The van der Waals surface area contributed by atoms with Crippen LogP contribution in [0.3, 0.4) is 0 Å². The Morgan fingerprint density at radius 2 is 1.73 bits per heavy atom. The van der Waals surface area contributed by atoms with E-state index in [1.807, 2.05) is 78.0 Å². The lowest BCUT2D eigenvalue weighted by Crippen LogP contribution is -2.38. The van der Waals surface area contributed by atoms with E-state index in [1.165, 1.54) is 19.3 Å². The molecule has 168 valence electrons. The van der Waals surface area contributed by atoms with Gasteiger partial charge in [0, 0.05) is 42.0 Å². The van der Waals surface area contributed by atoms with Gasteiger partial charge in [0.2, 0.25) is 0 Å². The largest absolute Gasteiger partial charge is 0.340 e. The lowest BCUT2D eigenvalue weighted by Gasteiger charge is -2.31. The summed E-state index contributed by atoms with van der Waals surface area (Å²) in [6, 6.07) is 22.2. The Bertz CT molecular complexity index is 1260. The number of fused-ring (bicyclic) bond motifs is 1. The minimum absolute atomic E-state index is 0.0915. The Morgan fingerprint density at radius 3 is 2.45 bits per heavy atom. The summed E-state index contributed by atoms with van der Waals surface area (Å²) in [5.41, 5.74) is 5.24. The van der Waals surface area contributed by atoms with E-state index in [2.05, 4.69) is 22.5 Å². The van der Waals surface area contributed by atoms with Crippen LogP contribution in [-0.4, -0.2) is 38.5 Å². The monoisotopic (exact) mass is 439 g/mol. The van der Waals surface area contributed by atoms with Gasteiger partial charge in [-0.25, -0.2) is 4.98 Å². The number of nitrogens with zero attached hydrogens (tertiary/aromatic N) is 4. The van der Waals surface area contributed by atoms with E-state index in [-0.39, 0.29) is 5.91 Å². The molecule has 0 radical (unpaired) electrons. The van der Waals surface area contributed by atoms with Gasteiger partial charge in [-0.3, -0.25) is 4.79 Å². The molecule has 1 aliphatic rings. The first-order valence-corrected chi connectivity index (χ1v) is 11.7. The molecular weight excluding hydrogens is 410 g/mol. The maximum Gasteiger partial charge on any atom is 0.253 e. The summed E-state index contributed by atoms with van der Waals surface area (Å²) in [5, 5.41) is 8.06. The second kappa shape index (κ2) is 9.06. The van der Waals surface area contributed by atoms with Gasteiger partial charge in [-0.15, -0.1) is 0 Å². The lowest BCUT2D eigenvalue weighted by atomic mass is 9.94. The highest BCUT2D eigenvalue weighted by Gasteiger charge is 2.23. The molecule has 5 rings (SSSR count). The summed E-state index contributed by atoms with van der Waals surface area (Å²) in [4.78, 5) is 19.7. The van der Waals surface area contributed by atoms with Crippen LogP contribution in [0.15, 0.2) is 66.7 Å². The van der Waals surface area contributed by atoms with Crippen LogP contribution in [0.1, 0.15) is 48.2 Å². The molecule has 1 N–H and O–H groups in total. The van der Waals surface area contributed by atoms with Crippen LogP contribution in [0, 0.1) is 6.92 Å². The Labute approximate surface area is 194 Å². The number of aromatic nitrogens is 3. The minimum Gasteiger partial charge on any atom is -0.340 e. The predicted molar refractivity (Wildman–Crippen MR) is 132 cm³/mol. The molecule has 1 aliphatic carbocycles. The second-order valence-electron chi connectivity index (χ2n) is 8.86. The van der Waals surface area contributed by atoms with Crippen LogP contribution in [0.5, 0.6) is 0 Å². The molecule has 2 heterocycles. The third-order valence-electron chi connectivity index (χ3n) is 6.47. The maximum atomic E-state index is 13.0. The number of hydrogen-bond donors (Lipinski definition) is 1. The fraction of sp³-hybridized carbons (Fsp3) is 0.296. The number of rotatable bonds is 5. The molecular formula is C27H29N5O. The fourth-order valence-electron chi connectivity index (χ4n) is 4.62. The molecule has 6 heteroatoms. The molecule has 1 fully saturated rings. The average molecular weight is 440 g/mol. The number of amides is 1. The molecule has 0 bridgehead atoms. The molecule has 1 amide bonds. The Balaban J connectivity index is 1.40. The van der Waals surface area contributed by atoms with Gasteiger partial charge in [-0.2, -0.15) is 9.61 Å². The van der Waals surface area contributed by atoms with Gasteiger partial charge >= 0.3 is 0 Å². The van der Waals surface area contributed by atoms with E-state index < -0.39 is 0 Å². The number of carbonyl (C=O) groups is 1. The van der Waals surface area contributed by atoms with E-state index in [1.54, 1.807) is 0 Å². The summed E-state index contributed by atoms with van der Waals surface area (Å²) in [7, 11) is 1.93. The van der Waals surface area contributed by atoms with Crippen LogP contribution in [0.4, 0.5) is 11.5 Å². The first-order chi connectivity index (χ1) is 16.1. The zero-order valence-electron chi connectivity index (χ0n) is 19.2. The van der Waals surface area contributed by atoms with Crippen LogP contribution in [0.2, 0.25) is 0 Å². The first kappa shape index (κ1) is 21.2. The van der Waals surface area contributed by atoms with Crippen LogP contribution >= 0.6 is 0 Å². The standard InChI is InChI=1S/C27H29N5O/c1-19-17-25-29-24(20-9-5-3-6-10-20)18-26(32(25)30-19)28-22-15-13-21(14-16-22)27(33)31(2)23-11-7-4-8-12-23/h3,5-6,9-10,13-18,23,28H,4,7-8,11-12H2,1-2H3. The number of benzene rings is 2. The summed E-state index contributed by atoms with van der Waals surface area (Å²) in [5.74, 6) is 0.916. The van der Waals surface area contributed by atoms with Crippen molar-refractivity contribution in [2.45, 2.75) is 45.1 Å². The van der Waals surface area contributed by atoms with Crippen molar-refractivity contribution in [2.24, 2.45) is 0 Å². The summed E-state index contributed by atoms with van der Waals surface area (Å²) < 4.78 is 1.82. The van der Waals surface area contributed by atoms with Crippen molar-refractivity contribution in [3.8, 4) is 11.3 Å². The minimum atomic E-state index is 0.0915. The van der Waals surface area contributed by atoms with Crippen molar-refractivity contribution in [1.29, 1.82) is 0 Å². The molecule has 33 heavy (non-hydrogen) atoms. The van der Waals surface area contributed by atoms with Crippen molar-refractivity contribution in [3.05, 3.63) is 78.0 Å². The average Bonchev–Trinajstić information content (AvgIpc) is 3.25. The lowest BCUT2D eigenvalue weighted by molar-refractivity contribution is 0.0696. The molecule has 2 aromatic carbocycles. The SMILES string of the molecule is Cc1cc2nc(-c3ccccc3)cc(Nc3ccc(C(=O)N(C)C4CCCCC4)cc3)n2n1. The molecule has 4 aromatic rings. The number of nitrogens with one attached hydrogen (secondary N) is 1. The quantitative estimate of drug-likeness (QED) is 0.423. The topological polar surface area (TPSA) is 62.5 Å². The summed E-state index contributed by atoms with van der Waals surface area (Å²) >= 11 is 0. The Hall–Kier alpha value is -3.67. The van der Waals surface area contributed by atoms with E-state index in [9.17, 15) is 4.79 Å². The molecule has 0 spiro atoms. The molecule has 0 atom stereocenters. The molecule has 2 aromatic heterocycles. The highest BCUT2D eigenvalue weighted by molar-refractivity contribution is 5.94. The van der Waals surface area contributed by atoms with Crippen molar-refractivity contribution in [2.75, 3.05) is 12.4 Å². The predicted octanol–water partition coefficient (Wildman–Crippen LogP) is 5.85. The number of anilines is 2. The third kappa shape index (κ3) is 4.46. The van der Waals surface area contributed by atoms with Gasteiger partial charge in [0.1, 0.15) is 5.82 Å². The first-order valence-electron chi connectivity index (χ1n) is 11.7. The summed E-state index contributed by atoms with van der Waals surface area (Å²) in [6.45, 7) is 1.96. The Morgan fingerprint density at radius 1 is 1.00 bits per heavy atom. The van der Waals surface area contributed by atoms with Crippen molar-refractivity contribution in [3.63, 3.8) is 0 Å². The number of carbonyl (C=O) groups excluding carboxylic acids is 1. The van der Waals surface area contributed by atoms with Gasteiger partial charge in [0.15, 0.2) is 5.65 Å². The molecule has 0 aliphatic heterocycles. The fourth-order valence-corrected chi connectivity index (χ4v) is 4.62. The molecule has 1 saturated carbocycles. The zero-order chi connectivity index (χ0) is 22.8. The normalized spacial score (nSPS) is 14.4. The highest BCUT2D eigenvalue weighted by atomic mass is 16.2. The van der Waals surface area contributed by atoms with Gasteiger partial charge in [-0.1, -0.05) is 49.6 Å². The van der Waals surface area contributed by atoms with Crippen LogP contribution in [-0.2, 0) is 0 Å². The van der Waals surface area contributed by atoms with Gasteiger partial charge in [0.05, 0.1) is 11.4 Å². The molecule has 0 unspecified atom stereocenters. The van der Waals surface area contributed by atoms with E-state index in [0.717, 1.165) is 46.9 Å². The van der Waals surface area contributed by atoms with E-state index in [4.69, 9.17) is 4.98 Å².